The molecule has 0 aromatic rings. The quantitative estimate of drug-likeness (QED) is 0.0482. The minimum atomic E-state index is -3.53. The van der Waals surface area contributed by atoms with Crippen LogP contribution in [0, 0.1) is 75.9 Å². The van der Waals surface area contributed by atoms with Gasteiger partial charge in [-0.1, -0.05) is 60.6 Å². The molecule has 29 nitrogen and oxygen atoms in total. The molecule has 31 heteroatoms. The molecule has 4 heterocycles. The van der Waals surface area contributed by atoms with Crippen molar-refractivity contribution in [1.29, 1.82) is 0 Å². The van der Waals surface area contributed by atoms with Gasteiger partial charge in [-0.2, -0.15) is 16.8 Å². The van der Waals surface area contributed by atoms with E-state index >= 15 is 0 Å². The summed E-state index contributed by atoms with van der Waals surface area (Å²) in [4.78, 5) is 126. The van der Waals surface area contributed by atoms with Gasteiger partial charge in [0.05, 0.1) is 40.1 Å². The first kappa shape index (κ1) is 94.5. The highest BCUT2D eigenvalue weighted by Crippen LogP contribution is 2.63. The lowest BCUT2D eigenvalue weighted by Crippen LogP contribution is -2.62. The number of ether oxygens (including phenoxy) is 11. The van der Waals surface area contributed by atoms with Crippen LogP contribution in [-0.4, -0.2) is 184 Å². The van der Waals surface area contributed by atoms with Crippen molar-refractivity contribution in [2.45, 2.75) is 314 Å². The summed E-state index contributed by atoms with van der Waals surface area (Å²) in [6.45, 7) is 42.9. The lowest BCUT2D eigenvalue weighted by molar-refractivity contribution is -0.221. The zero-order valence-electron chi connectivity index (χ0n) is 71.3. The summed E-state index contributed by atoms with van der Waals surface area (Å²) in [6, 6.07) is 0. The van der Waals surface area contributed by atoms with Crippen molar-refractivity contribution in [3.05, 3.63) is 60.8 Å². The Bertz CT molecular complexity index is 4080. The van der Waals surface area contributed by atoms with E-state index in [4.69, 9.17) is 55.7 Å². The van der Waals surface area contributed by atoms with Crippen molar-refractivity contribution in [1.82, 2.24) is 0 Å². The molecule has 17 fully saturated rings. The molecule has 14 unspecified atom stereocenters. The number of carbonyl (C=O) groups is 11. The lowest BCUT2D eigenvalue weighted by atomic mass is 9.47. The van der Waals surface area contributed by atoms with Gasteiger partial charge >= 0.3 is 65.7 Å². The molecule has 14 atom stereocenters. The predicted molar refractivity (Wildman–Crippen MR) is 425 cm³/mol. The number of fused-ring (bicyclic) bond motifs is 2. The van der Waals surface area contributed by atoms with Gasteiger partial charge in [0.2, 0.25) is 12.2 Å². The maximum Gasteiger partial charge on any atom is 0.347 e. The molecule has 12 bridgehead atoms. The van der Waals surface area contributed by atoms with Gasteiger partial charge in [-0.15, -0.1) is 0 Å². The van der Waals surface area contributed by atoms with Crippen LogP contribution in [0.25, 0.3) is 0 Å². The van der Waals surface area contributed by atoms with E-state index in [-0.39, 0.29) is 69.9 Å². The Labute approximate surface area is 694 Å². The molecule has 13 saturated carbocycles. The van der Waals surface area contributed by atoms with E-state index in [9.17, 15) is 74.7 Å². The minimum Gasteiger partial charge on any atom is -0.463 e. The summed E-state index contributed by atoms with van der Waals surface area (Å²) in [5.74, 6) is -0.655. The molecule has 660 valence electrons. The first-order valence-corrected chi connectivity index (χ1v) is 44.9. The molecule has 17 rings (SSSR count). The number of rotatable bonds is 21. The highest BCUT2D eigenvalue weighted by atomic mass is 32.2. The second kappa shape index (κ2) is 37.6. The normalized spacial score (nSPS) is 34.7. The first-order chi connectivity index (χ1) is 54.9. The molecular weight excluding hydrogens is 1570 g/mol. The average Bonchev–Trinajstić information content (AvgIpc) is 1.69. The average molecular weight is 1700 g/mol. The Morgan fingerprint density at radius 1 is 0.500 bits per heavy atom. The summed E-state index contributed by atoms with van der Waals surface area (Å²) in [7, 11) is -7.05. The van der Waals surface area contributed by atoms with Crippen LogP contribution < -0.4 is 0 Å². The number of aliphatic hydroxyl groups is 1. The fourth-order valence-electron chi connectivity index (χ4n) is 20.5. The monoisotopic (exact) mass is 1700 g/mol. The number of carbonyl (C=O) groups excluding carboxylic acids is 11. The van der Waals surface area contributed by atoms with Crippen molar-refractivity contribution in [2.24, 2.45) is 75.9 Å². The third kappa shape index (κ3) is 22.1. The number of cyclic esters (lactones) is 2. The van der Waals surface area contributed by atoms with Crippen molar-refractivity contribution in [3.8, 4) is 0 Å². The van der Waals surface area contributed by atoms with Crippen LogP contribution in [-0.2, 0) is 133 Å². The standard InChI is InChI=1S/C17H26O2.C15H22O7S.C14H20O3.C13H16O7S.C10H16O4.C10H16O2.C8H10O4/c1-10(2)16(18)19-17(11(3)4)14-6-12-5-13(8-14)9-15(17)7-12;1-4-15(2,3)14(17)20-7-11(16)21-12-8-5-9-10(6-8)23(18,19)22-13(9)12;1-9(2)12(15)17-14-6-10-3-11(7-14)5-13(16,4-10)8-14;1-6(2)13(15)18-5-10(14)19-11-7-3-8-9(4-7)21(16,17)20-12(8)11;1-4-10(2,3)9(12)14-7-5-6-13-8(7)11;1-8(2)9(11)12-10(3)6-4-5-7-10;1-5(2)7(9)12-6-3-4-11-8(6)10/h11-15H,1,5-9H2,2-4H3;8-10,12-13H,4-7H2,1-3H3;10-11,16H,1,3-8H2,2H3;7-9,11-12H,1,3-5H2,2H3;7H,4-6H2,1-3H3;1,4-7H2,2-3H3;6H,1,3-4H2,2H3. The largest absolute Gasteiger partial charge is 0.463 e. The molecule has 0 aromatic carbocycles. The van der Waals surface area contributed by atoms with Crippen LogP contribution in [0.2, 0.25) is 0 Å². The van der Waals surface area contributed by atoms with E-state index in [2.05, 4.69) is 51.5 Å². The van der Waals surface area contributed by atoms with Gasteiger partial charge in [0.15, 0.2) is 13.2 Å². The van der Waals surface area contributed by atoms with E-state index in [0.717, 1.165) is 50.4 Å². The molecule has 17 aliphatic rings. The van der Waals surface area contributed by atoms with Crippen LogP contribution in [0.4, 0.5) is 0 Å². The topological polar surface area (TPSA) is 396 Å². The number of hydrogen-bond donors (Lipinski definition) is 1. The van der Waals surface area contributed by atoms with E-state index in [1.165, 1.54) is 65.2 Å². The smallest absolute Gasteiger partial charge is 0.347 e. The van der Waals surface area contributed by atoms with Crippen molar-refractivity contribution >= 4 is 85.9 Å². The highest BCUT2D eigenvalue weighted by molar-refractivity contribution is 7.88. The van der Waals surface area contributed by atoms with Gasteiger partial charge < -0.3 is 57.2 Å². The lowest BCUT2D eigenvalue weighted by Gasteiger charge is -2.61. The molecule has 4 saturated heterocycles. The molecule has 1 N–H and O–H groups in total. The fraction of sp³-hybridized carbons (Fsp3) is 0.759. The number of hydrogen-bond acceptors (Lipinski definition) is 29. The fourth-order valence-corrected chi connectivity index (χ4v) is 24.2. The van der Waals surface area contributed by atoms with Crippen LogP contribution in [0.3, 0.4) is 0 Å². The highest BCUT2D eigenvalue weighted by Gasteiger charge is 2.68. The van der Waals surface area contributed by atoms with Crippen molar-refractivity contribution in [3.63, 3.8) is 0 Å². The summed E-state index contributed by atoms with van der Waals surface area (Å²) >= 11 is 0. The molecule has 0 spiro atoms. The molecule has 0 aromatic heterocycles. The molecule has 4 aliphatic heterocycles. The third-order valence-electron chi connectivity index (χ3n) is 26.8. The Hall–Kier alpha value is -7.35. The summed E-state index contributed by atoms with van der Waals surface area (Å²) in [5.41, 5.74) is -0.602. The molecule has 13 aliphatic carbocycles. The SMILES string of the molecule is C=C(C)C(=O)OC1(C(C)C)C2CC3CC(C2)CC1C3.C=C(C)C(=O)OC1(C)CCCC1.C=C(C)C(=O)OC12CC3CC(CC(O)(C3)C1)C2.C=C(C)C(=O)OC1CCOC1=O.C=C(C)C(=O)OCC(=O)OC1C2CC3C1OS(=O)(=O)C3C2.CCC(C)(C)C(=O)OC1CCOC1=O.CCC(C)(C)C(=O)OCC(=O)OC1C2CC3C1OS(=O)(=O)C3C2. The van der Waals surface area contributed by atoms with Crippen molar-refractivity contribution < 1.29 is 135 Å². The summed E-state index contributed by atoms with van der Waals surface area (Å²) in [6.07, 6.45) is 17.2. The maximum atomic E-state index is 12.1. The van der Waals surface area contributed by atoms with E-state index in [1.807, 2.05) is 20.8 Å². The molecule has 0 radical (unpaired) electrons. The van der Waals surface area contributed by atoms with E-state index in [0.29, 0.717) is 117 Å². The van der Waals surface area contributed by atoms with Gasteiger partial charge in [-0.05, 0) is 239 Å². The third-order valence-corrected chi connectivity index (χ3v) is 30.3. The van der Waals surface area contributed by atoms with Crippen LogP contribution in [0.1, 0.15) is 245 Å². The minimum absolute atomic E-state index is 0.00284. The Morgan fingerprint density at radius 2 is 0.898 bits per heavy atom. The van der Waals surface area contributed by atoms with Gasteiger partial charge in [0.25, 0.3) is 20.2 Å². The van der Waals surface area contributed by atoms with Gasteiger partial charge in [-0.25, -0.2) is 43.2 Å². The molecule has 0 amide bonds. The molecular formula is C87H126O29S2. The van der Waals surface area contributed by atoms with Crippen LogP contribution in [0.15, 0.2) is 60.8 Å². The van der Waals surface area contributed by atoms with Gasteiger partial charge in [0.1, 0.15) is 41.2 Å². The Balaban J connectivity index is 0.000000159. The Morgan fingerprint density at radius 3 is 1.30 bits per heavy atom. The number of esters is 11. The second-order valence-electron chi connectivity index (χ2n) is 37.6. The predicted octanol–water partition coefficient (Wildman–Crippen LogP) is 11.5. The van der Waals surface area contributed by atoms with E-state index in [1.54, 1.807) is 48.5 Å². The van der Waals surface area contributed by atoms with Crippen LogP contribution in [0.5, 0.6) is 0 Å². The molecule has 118 heavy (non-hydrogen) atoms. The second-order valence-corrected chi connectivity index (χ2v) is 41.2. The Kier molecular flexibility index (Phi) is 30.1. The van der Waals surface area contributed by atoms with Gasteiger partial charge in [0, 0.05) is 70.8 Å². The summed E-state index contributed by atoms with van der Waals surface area (Å²) < 4.78 is 114. The van der Waals surface area contributed by atoms with Crippen LogP contribution >= 0.6 is 0 Å². The van der Waals surface area contributed by atoms with Gasteiger partial charge in [-0.3, -0.25) is 18.0 Å². The first-order valence-electron chi connectivity index (χ1n) is 41.9. The zero-order valence-corrected chi connectivity index (χ0v) is 72.9. The maximum absolute atomic E-state index is 12.1. The zero-order chi connectivity index (χ0) is 87.5. The van der Waals surface area contributed by atoms with E-state index < -0.39 is 144 Å². The van der Waals surface area contributed by atoms with Crippen molar-refractivity contribution in [2.75, 3.05) is 26.4 Å². The summed E-state index contributed by atoms with van der Waals surface area (Å²) in [5, 5.41) is 9.60.